The topological polar surface area (TPSA) is 193 Å². The third-order valence-electron chi connectivity index (χ3n) is 5.28. The summed E-state index contributed by atoms with van der Waals surface area (Å²) in [4.78, 5) is 57.5. The van der Waals surface area contributed by atoms with Crippen molar-refractivity contribution >= 4 is 33.3 Å². The molecule has 1 fully saturated rings. The van der Waals surface area contributed by atoms with Gasteiger partial charge in [-0.15, -0.1) is 30.3 Å². The van der Waals surface area contributed by atoms with Gasteiger partial charge < -0.3 is 24.0 Å². The van der Waals surface area contributed by atoms with Crippen LogP contribution in [0.2, 0.25) is 0 Å². The van der Waals surface area contributed by atoms with Crippen molar-refractivity contribution in [3.8, 4) is 5.75 Å². The molecule has 1 aliphatic heterocycles. The van der Waals surface area contributed by atoms with Gasteiger partial charge in [-0.05, 0) is 31.4 Å². The molecule has 0 aliphatic carbocycles. The van der Waals surface area contributed by atoms with Gasteiger partial charge >= 0.3 is 5.97 Å². The van der Waals surface area contributed by atoms with Gasteiger partial charge in [-0.3, -0.25) is 4.79 Å². The number of ether oxygens (including phenoxy) is 2. The van der Waals surface area contributed by atoms with Crippen molar-refractivity contribution < 1.29 is 44.0 Å². The van der Waals surface area contributed by atoms with Gasteiger partial charge in [0, 0.05) is 17.4 Å². The maximum absolute atomic E-state index is 12.4. The van der Waals surface area contributed by atoms with Gasteiger partial charge in [-0.25, -0.2) is 0 Å². The number of para-hydroxylation sites is 1. The molecule has 1 aliphatic rings. The lowest BCUT2D eigenvalue weighted by Gasteiger charge is -2.30. The largest absolute Gasteiger partial charge is 0.493 e. The molecular formula is C21H27N3O12S2. The SMILES string of the molecule is C=C(OCC(CO[N+](=O)[O-])(CO[N+](=O)[O-])CO[N+](=O)[O-])c1ccccc1OC(=O)CCCCC1CCSS1. The van der Waals surface area contributed by atoms with E-state index in [-0.39, 0.29) is 23.5 Å². The quantitative estimate of drug-likeness (QED) is 0.0437. The minimum atomic E-state index is -1.85. The standard InChI is InChI=1S/C21H27N3O12S2/c1-16(32-12-21(13-33-22(26)27,14-34-23(28)29)15-35-24(30)31)18-7-3-4-8-19(18)36-20(25)9-5-2-6-17-10-11-37-38-17/h3-4,7-8,17H,1-2,5-6,9-15H2. The highest BCUT2D eigenvalue weighted by atomic mass is 33.1. The molecule has 0 amide bonds. The molecule has 1 aromatic rings. The summed E-state index contributed by atoms with van der Waals surface area (Å²) >= 11 is 0. The number of unbranched alkanes of at least 4 members (excludes halogenated alkanes) is 1. The highest BCUT2D eigenvalue weighted by molar-refractivity contribution is 8.77. The summed E-state index contributed by atoms with van der Waals surface area (Å²) in [5, 5.41) is 29.2. The van der Waals surface area contributed by atoms with E-state index in [9.17, 15) is 35.1 Å². The Balaban J connectivity index is 2.03. The van der Waals surface area contributed by atoms with Crippen LogP contribution in [0.5, 0.6) is 5.75 Å². The number of hydrogen-bond acceptors (Lipinski definition) is 14. The fraction of sp³-hybridized carbons (Fsp3) is 0.571. The fourth-order valence-electron chi connectivity index (χ4n) is 3.30. The van der Waals surface area contributed by atoms with Gasteiger partial charge in [0.25, 0.3) is 15.3 Å². The average Bonchev–Trinajstić information content (AvgIpc) is 3.39. The van der Waals surface area contributed by atoms with Gasteiger partial charge in [0.2, 0.25) is 0 Å². The summed E-state index contributed by atoms with van der Waals surface area (Å²) < 4.78 is 11.0. The molecule has 1 atom stereocenters. The normalized spacial score (nSPS) is 14.8. The molecule has 0 saturated carbocycles. The Bertz CT molecular complexity index is 944. The molecule has 210 valence electrons. The molecule has 0 bridgehead atoms. The van der Waals surface area contributed by atoms with Crippen LogP contribution in [0, 0.1) is 35.8 Å². The molecule has 0 aromatic heterocycles. The van der Waals surface area contributed by atoms with Crippen LogP contribution < -0.4 is 4.74 Å². The van der Waals surface area contributed by atoms with Crippen molar-refractivity contribution in [1.82, 2.24) is 0 Å². The third kappa shape index (κ3) is 11.3. The smallest absolute Gasteiger partial charge is 0.311 e. The molecule has 1 aromatic carbocycles. The van der Waals surface area contributed by atoms with E-state index < -0.39 is 53.1 Å². The minimum Gasteiger partial charge on any atom is -0.493 e. The predicted octanol–water partition coefficient (Wildman–Crippen LogP) is 3.90. The van der Waals surface area contributed by atoms with Gasteiger partial charge in [0.1, 0.15) is 31.3 Å². The lowest BCUT2D eigenvalue weighted by molar-refractivity contribution is -0.782. The van der Waals surface area contributed by atoms with Gasteiger partial charge in [0.05, 0.1) is 17.6 Å². The first kappa shape index (κ1) is 30.8. The van der Waals surface area contributed by atoms with Crippen molar-refractivity contribution in [3.05, 3.63) is 66.8 Å². The highest BCUT2D eigenvalue weighted by Gasteiger charge is 2.37. The van der Waals surface area contributed by atoms with Crippen molar-refractivity contribution in [2.24, 2.45) is 5.41 Å². The van der Waals surface area contributed by atoms with E-state index in [2.05, 4.69) is 21.1 Å². The molecule has 2 rings (SSSR count). The zero-order valence-electron chi connectivity index (χ0n) is 20.2. The van der Waals surface area contributed by atoms with Gasteiger partial charge in [-0.1, -0.05) is 46.7 Å². The van der Waals surface area contributed by atoms with E-state index in [0.29, 0.717) is 11.7 Å². The maximum Gasteiger partial charge on any atom is 0.311 e. The molecule has 38 heavy (non-hydrogen) atoms. The fourth-order valence-corrected chi connectivity index (χ4v) is 6.33. The van der Waals surface area contributed by atoms with E-state index in [0.717, 1.165) is 18.6 Å². The predicted molar refractivity (Wildman–Crippen MR) is 135 cm³/mol. The first-order chi connectivity index (χ1) is 18.1. The minimum absolute atomic E-state index is 0.0724. The first-order valence-corrected chi connectivity index (χ1v) is 13.7. The average molecular weight is 578 g/mol. The highest BCUT2D eigenvalue weighted by Crippen LogP contribution is 2.40. The van der Waals surface area contributed by atoms with Gasteiger partial charge in [0.15, 0.2) is 0 Å². The first-order valence-electron chi connectivity index (χ1n) is 11.3. The second kappa shape index (κ2) is 15.7. The van der Waals surface area contributed by atoms with Crippen LogP contribution in [-0.2, 0) is 24.0 Å². The molecule has 1 unspecified atom stereocenters. The van der Waals surface area contributed by atoms with Gasteiger partial charge in [-0.2, -0.15) is 0 Å². The molecule has 0 N–H and O–H groups in total. The summed E-state index contributed by atoms with van der Waals surface area (Å²) in [5.41, 5.74) is -1.59. The summed E-state index contributed by atoms with van der Waals surface area (Å²) in [5.74, 6) is 0.763. The zero-order valence-corrected chi connectivity index (χ0v) is 21.9. The number of benzene rings is 1. The molecule has 17 heteroatoms. The Morgan fingerprint density at radius 3 is 2.13 bits per heavy atom. The maximum atomic E-state index is 12.4. The summed E-state index contributed by atoms with van der Waals surface area (Å²) in [6.07, 6.45) is 3.99. The number of hydrogen-bond donors (Lipinski definition) is 0. The van der Waals surface area contributed by atoms with Crippen LogP contribution in [0.4, 0.5) is 0 Å². The Kier molecular flexibility index (Phi) is 12.7. The van der Waals surface area contributed by atoms with Crippen molar-refractivity contribution in [2.75, 3.05) is 32.2 Å². The third-order valence-corrected chi connectivity index (χ3v) is 8.28. The van der Waals surface area contributed by atoms with Crippen molar-refractivity contribution in [1.29, 1.82) is 0 Å². The molecule has 1 saturated heterocycles. The van der Waals surface area contributed by atoms with E-state index in [1.807, 2.05) is 21.6 Å². The van der Waals surface area contributed by atoms with Crippen LogP contribution in [0.1, 0.15) is 37.7 Å². The summed E-state index contributed by atoms with van der Waals surface area (Å²) in [7, 11) is 3.75. The Labute approximate surface area is 224 Å². The van der Waals surface area contributed by atoms with Crippen LogP contribution >= 0.6 is 21.6 Å². The molecule has 1 heterocycles. The number of nitrogens with zero attached hydrogens (tertiary/aromatic N) is 3. The number of rotatable bonds is 19. The van der Waals surface area contributed by atoms with E-state index >= 15 is 0 Å². The lowest BCUT2D eigenvalue weighted by atomic mass is 9.92. The van der Waals surface area contributed by atoms with Crippen LogP contribution in [0.3, 0.4) is 0 Å². The van der Waals surface area contributed by atoms with Crippen LogP contribution in [0.15, 0.2) is 30.8 Å². The Morgan fingerprint density at radius 1 is 0.974 bits per heavy atom. The zero-order chi connectivity index (χ0) is 28.0. The van der Waals surface area contributed by atoms with E-state index in [4.69, 9.17) is 9.47 Å². The molecule has 15 nitrogen and oxygen atoms in total. The second-order valence-electron chi connectivity index (χ2n) is 8.25. The summed E-state index contributed by atoms with van der Waals surface area (Å²) in [6.45, 7) is 0.480. The van der Waals surface area contributed by atoms with Crippen molar-refractivity contribution in [3.63, 3.8) is 0 Å². The van der Waals surface area contributed by atoms with Crippen LogP contribution in [0.25, 0.3) is 5.76 Å². The molecule has 0 radical (unpaired) electrons. The lowest BCUT2D eigenvalue weighted by Crippen LogP contribution is -2.43. The molecule has 0 spiro atoms. The van der Waals surface area contributed by atoms with E-state index in [1.54, 1.807) is 12.1 Å². The Morgan fingerprint density at radius 2 is 1.58 bits per heavy atom. The number of carbonyl (C=O) groups is 1. The monoisotopic (exact) mass is 577 g/mol. The summed E-state index contributed by atoms with van der Waals surface area (Å²) in [6, 6.07) is 6.30. The number of esters is 1. The number of carbonyl (C=O) groups excluding carboxylic acids is 1. The Hall–Kier alpha value is -3.47. The molecular weight excluding hydrogens is 550 g/mol. The van der Waals surface area contributed by atoms with E-state index in [1.165, 1.54) is 18.6 Å². The van der Waals surface area contributed by atoms with Crippen molar-refractivity contribution in [2.45, 2.75) is 37.4 Å². The van der Waals surface area contributed by atoms with Crippen LogP contribution in [-0.4, -0.2) is 58.7 Å². The second-order valence-corrected chi connectivity index (χ2v) is 11.0.